The number of esters is 1. The number of rotatable bonds is 2. The molecule has 2 fully saturated rings. The first-order valence-electron chi connectivity index (χ1n) is 5.33. The minimum atomic E-state index is -1.19. The summed E-state index contributed by atoms with van der Waals surface area (Å²) >= 11 is 0. The number of methoxy groups -OCH3 is 1. The molecule has 2 rings (SSSR count). The highest BCUT2D eigenvalue weighted by molar-refractivity contribution is 6.04. The van der Waals surface area contributed by atoms with Crippen LogP contribution in [0.3, 0.4) is 0 Å². The van der Waals surface area contributed by atoms with Crippen molar-refractivity contribution in [2.75, 3.05) is 7.11 Å². The molecule has 0 heterocycles. The first-order chi connectivity index (χ1) is 7.65. The molecule has 6 heteroatoms. The summed E-state index contributed by atoms with van der Waals surface area (Å²) in [4.78, 5) is 26.1. The summed E-state index contributed by atoms with van der Waals surface area (Å²) in [6, 6.07) is 0. The number of fused-ring (bicyclic) bond motifs is 2. The van der Waals surface area contributed by atoms with Crippen LogP contribution in [0.15, 0.2) is 5.11 Å². The number of ether oxygens (including phenoxy) is 1. The van der Waals surface area contributed by atoms with Crippen LogP contribution in [-0.4, -0.2) is 19.0 Å². The molecule has 2 aliphatic carbocycles. The van der Waals surface area contributed by atoms with Crippen molar-refractivity contribution in [2.24, 2.45) is 22.4 Å². The van der Waals surface area contributed by atoms with Crippen molar-refractivity contribution in [2.45, 2.75) is 25.7 Å². The molecule has 0 spiro atoms. The Kier molecular flexibility index (Phi) is 2.59. The fraction of sp³-hybridized carbons (Fsp3) is 0.800. The molecule has 0 radical (unpaired) electrons. The van der Waals surface area contributed by atoms with Crippen LogP contribution in [0, 0.1) is 17.3 Å². The van der Waals surface area contributed by atoms with Crippen LogP contribution in [-0.2, 0) is 14.3 Å². The van der Waals surface area contributed by atoms with Gasteiger partial charge in [0, 0.05) is 4.91 Å². The molecule has 0 aliphatic heterocycles. The topological polar surface area (TPSA) is 92.1 Å². The van der Waals surface area contributed by atoms with Gasteiger partial charge in [-0.3, -0.25) is 9.59 Å². The molecule has 0 aromatic heterocycles. The number of hydrogen-bond donors (Lipinski definition) is 0. The number of carbonyl (C=O) groups is 2. The highest BCUT2D eigenvalue weighted by Crippen LogP contribution is 2.57. The van der Waals surface area contributed by atoms with E-state index in [0.717, 1.165) is 19.3 Å². The van der Waals surface area contributed by atoms with Crippen molar-refractivity contribution < 1.29 is 14.3 Å². The average Bonchev–Trinajstić information content (AvgIpc) is 2.88. The minimum absolute atomic E-state index is 0.0112. The molecule has 3 unspecified atom stereocenters. The average molecular weight is 223 g/mol. The van der Waals surface area contributed by atoms with E-state index in [1.54, 1.807) is 0 Å². The molecule has 0 saturated heterocycles. The first kappa shape index (κ1) is 11.0. The summed E-state index contributed by atoms with van der Waals surface area (Å²) in [6.45, 7) is 0. The molecule has 2 saturated carbocycles. The van der Waals surface area contributed by atoms with Gasteiger partial charge < -0.3 is 4.74 Å². The number of carbonyl (C=O) groups excluding carboxylic acids is 2. The molecule has 86 valence electrons. The van der Waals surface area contributed by atoms with Gasteiger partial charge in [-0.25, -0.2) is 0 Å². The Morgan fingerprint density at radius 3 is 2.69 bits per heavy atom. The van der Waals surface area contributed by atoms with E-state index in [-0.39, 0.29) is 5.92 Å². The molecule has 6 nitrogen and oxygen atoms in total. The molecule has 0 aromatic rings. The lowest BCUT2D eigenvalue weighted by atomic mass is 9.72. The molecule has 2 aliphatic rings. The zero-order valence-electron chi connectivity index (χ0n) is 9.05. The number of hydrogen-bond acceptors (Lipinski definition) is 3. The largest absolute Gasteiger partial charge is 0.468 e. The highest BCUT2D eigenvalue weighted by atomic mass is 16.5. The van der Waals surface area contributed by atoms with Gasteiger partial charge in [0.2, 0.25) is 5.91 Å². The van der Waals surface area contributed by atoms with Gasteiger partial charge in [0.05, 0.1) is 7.11 Å². The van der Waals surface area contributed by atoms with E-state index in [0.29, 0.717) is 12.3 Å². The number of nitrogens with zero attached hydrogens (tertiary/aromatic N) is 3. The smallest absolute Gasteiger partial charge is 0.319 e. The number of azide groups is 1. The van der Waals surface area contributed by atoms with E-state index < -0.39 is 17.3 Å². The van der Waals surface area contributed by atoms with E-state index in [1.807, 2.05) is 0 Å². The predicted molar refractivity (Wildman–Crippen MR) is 54.1 cm³/mol. The molecule has 16 heavy (non-hydrogen) atoms. The molecule has 3 atom stereocenters. The van der Waals surface area contributed by atoms with Gasteiger partial charge in [-0.1, -0.05) is 6.42 Å². The Bertz CT molecular complexity index is 389. The molecule has 0 aromatic carbocycles. The first-order valence-corrected chi connectivity index (χ1v) is 5.33. The van der Waals surface area contributed by atoms with Crippen molar-refractivity contribution in [1.29, 1.82) is 0 Å². The van der Waals surface area contributed by atoms with Gasteiger partial charge >= 0.3 is 5.97 Å². The Balaban J connectivity index is 2.38. The third kappa shape index (κ3) is 1.30. The molecule has 1 amide bonds. The standard InChI is InChI=1S/C10H13N3O3/c1-16-9(15)10(8(14)12-13-11)5-6-2-3-7(10)4-6/h6-7H,2-5H2,1H3. The van der Waals surface area contributed by atoms with E-state index in [1.165, 1.54) is 7.11 Å². The second-order valence-electron chi connectivity index (χ2n) is 4.54. The van der Waals surface area contributed by atoms with Crippen LogP contribution in [0.1, 0.15) is 25.7 Å². The minimum Gasteiger partial charge on any atom is -0.468 e. The van der Waals surface area contributed by atoms with Gasteiger partial charge in [0.1, 0.15) is 5.41 Å². The molecular formula is C10H13N3O3. The summed E-state index contributed by atoms with van der Waals surface area (Å²) in [5, 5.41) is 3.11. The fourth-order valence-electron chi connectivity index (χ4n) is 3.24. The normalized spacial score (nSPS) is 35.6. The maximum atomic E-state index is 11.8. The summed E-state index contributed by atoms with van der Waals surface area (Å²) in [5.41, 5.74) is 7.13. The van der Waals surface area contributed by atoms with Crippen molar-refractivity contribution in [1.82, 2.24) is 0 Å². The zero-order valence-corrected chi connectivity index (χ0v) is 9.05. The van der Waals surface area contributed by atoms with Gasteiger partial charge in [0.25, 0.3) is 0 Å². The van der Waals surface area contributed by atoms with Crippen molar-refractivity contribution >= 4 is 11.9 Å². The Morgan fingerprint density at radius 2 is 2.25 bits per heavy atom. The monoisotopic (exact) mass is 223 g/mol. The lowest BCUT2D eigenvalue weighted by Gasteiger charge is -2.31. The Morgan fingerprint density at radius 1 is 1.50 bits per heavy atom. The van der Waals surface area contributed by atoms with Crippen molar-refractivity contribution in [3.63, 3.8) is 0 Å². The summed E-state index contributed by atoms with van der Waals surface area (Å²) < 4.78 is 4.71. The van der Waals surface area contributed by atoms with E-state index in [9.17, 15) is 9.59 Å². The van der Waals surface area contributed by atoms with Gasteiger partial charge in [-0.05, 0) is 41.7 Å². The zero-order chi connectivity index (χ0) is 11.8. The van der Waals surface area contributed by atoms with Crippen LogP contribution in [0.5, 0.6) is 0 Å². The summed E-state index contributed by atoms with van der Waals surface area (Å²) in [5.74, 6) is -0.837. The lowest BCUT2D eigenvalue weighted by molar-refractivity contribution is -0.161. The molecule has 0 N–H and O–H groups in total. The lowest BCUT2D eigenvalue weighted by Crippen LogP contribution is -2.43. The van der Waals surface area contributed by atoms with E-state index in [2.05, 4.69) is 10.0 Å². The predicted octanol–water partition coefficient (Wildman–Crippen LogP) is 1.80. The number of amides is 1. The van der Waals surface area contributed by atoms with E-state index >= 15 is 0 Å². The highest BCUT2D eigenvalue weighted by Gasteiger charge is 2.60. The fourth-order valence-corrected chi connectivity index (χ4v) is 3.24. The SMILES string of the molecule is COC(=O)C1(C(=O)N=[N+]=[N-])CC2CCC1C2. The second-order valence-corrected chi connectivity index (χ2v) is 4.54. The molecular weight excluding hydrogens is 210 g/mol. The van der Waals surface area contributed by atoms with Crippen LogP contribution in [0.4, 0.5) is 0 Å². The quantitative estimate of drug-likeness (QED) is 0.235. The maximum Gasteiger partial charge on any atom is 0.319 e. The summed E-state index contributed by atoms with van der Waals surface area (Å²) in [6.07, 6.45) is 3.23. The van der Waals surface area contributed by atoms with Gasteiger partial charge in [0.15, 0.2) is 0 Å². The third-order valence-corrected chi connectivity index (χ3v) is 3.92. The van der Waals surface area contributed by atoms with Crippen LogP contribution < -0.4 is 0 Å². The van der Waals surface area contributed by atoms with Crippen LogP contribution in [0.2, 0.25) is 0 Å². The van der Waals surface area contributed by atoms with Crippen LogP contribution >= 0.6 is 0 Å². The van der Waals surface area contributed by atoms with Crippen molar-refractivity contribution in [3.8, 4) is 0 Å². The van der Waals surface area contributed by atoms with Gasteiger partial charge in [-0.2, -0.15) is 0 Å². The third-order valence-electron chi connectivity index (χ3n) is 3.92. The van der Waals surface area contributed by atoms with Gasteiger partial charge in [-0.15, -0.1) is 0 Å². The second kappa shape index (κ2) is 3.79. The van der Waals surface area contributed by atoms with Crippen molar-refractivity contribution in [3.05, 3.63) is 10.4 Å². The Labute approximate surface area is 92.6 Å². The van der Waals surface area contributed by atoms with Crippen LogP contribution in [0.25, 0.3) is 10.4 Å². The van der Waals surface area contributed by atoms with E-state index in [4.69, 9.17) is 10.3 Å². The maximum absolute atomic E-state index is 11.8. The summed E-state index contributed by atoms with van der Waals surface area (Å²) in [7, 11) is 1.26. The molecule has 2 bridgehead atoms. The Hall–Kier alpha value is -1.55.